The Morgan fingerprint density at radius 2 is 1.91 bits per heavy atom. The highest BCUT2D eigenvalue weighted by atomic mass is 32.2. The van der Waals surface area contributed by atoms with Gasteiger partial charge in [-0.15, -0.1) is 11.3 Å². The van der Waals surface area contributed by atoms with Gasteiger partial charge in [-0.1, -0.05) is 30.0 Å². The average Bonchev–Trinajstić information content (AvgIpc) is 3.24. The first-order valence-corrected chi connectivity index (χ1v) is 13.6. The van der Waals surface area contributed by atoms with Crippen LogP contribution in [0.15, 0.2) is 58.5 Å². The number of amides is 1. The molecule has 0 aliphatic heterocycles. The third kappa shape index (κ3) is 4.86. The molecule has 0 fully saturated rings. The number of fused-ring (bicyclic) bond motifs is 3. The van der Waals surface area contributed by atoms with Crippen molar-refractivity contribution in [2.75, 3.05) is 17.7 Å². The van der Waals surface area contributed by atoms with Gasteiger partial charge in [0, 0.05) is 10.6 Å². The van der Waals surface area contributed by atoms with Gasteiger partial charge in [-0.3, -0.25) is 14.2 Å². The quantitative estimate of drug-likeness (QED) is 0.255. The molecule has 0 radical (unpaired) electrons. The van der Waals surface area contributed by atoms with Crippen LogP contribution < -0.4 is 15.6 Å². The van der Waals surface area contributed by atoms with Crippen LogP contribution in [0.5, 0.6) is 5.75 Å². The van der Waals surface area contributed by atoms with E-state index < -0.39 is 0 Å². The van der Waals surface area contributed by atoms with Crippen LogP contribution in [0.25, 0.3) is 15.9 Å². The van der Waals surface area contributed by atoms with Crippen molar-refractivity contribution < 1.29 is 9.53 Å². The van der Waals surface area contributed by atoms with Crippen LogP contribution in [-0.4, -0.2) is 27.8 Å². The Hall–Kier alpha value is -3.10. The van der Waals surface area contributed by atoms with Crippen LogP contribution >= 0.6 is 23.1 Å². The van der Waals surface area contributed by atoms with Gasteiger partial charge >= 0.3 is 0 Å². The molecule has 35 heavy (non-hydrogen) atoms. The van der Waals surface area contributed by atoms with Crippen LogP contribution in [0.1, 0.15) is 35.8 Å². The lowest BCUT2D eigenvalue weighted by Crippen LogP contribution is -2.23. The molecule has 1 aliphatic rings. The minimum atomic E-state index is -0.137. The number of carbonyl (C=O) groups excluding carboxylic acids is 1. The monoisotopic (exact) mass is 505 g/mol. The minimum Gasteiger partial charge on any atom is -0.494 e. The van der Waals surface area contributed by atoms with Gasteiger partial charge in [0.1, 0.15) is 10.6 Å². The van der Waals surface area contributed by atoms with E-state index in [1.807, 2.05) is 62.4 Å². The fourth-order valence-electron chi connectivity index (χ4n) is 4.40. The maximum atomic E-state index is 13.9. The summed E-state index contributed by atoms with van der Waals surface area (Å²) < 4.78 is 7.22. The maximum absolute atomic E-state index is 13.9. The Morgan fingerprint density at radius 3 is 2.69 bits per heavy atom. The average molecular weight is 506 g/mol. The predicted molar refractivity (Wildman–Crippen MR) is 144 cm³/mol. The third-order valence-electron chi connectivity index (χ3n) is 6.12. The summed E-state index contributed by atoms with van der Waals surface area (Å²) in [5.41, 5.74) is 3.59. The first kappa shape index (κ1) is 23.6. The molecule has 2 aromatic heterocycles. The number of hydrogen-bond donors (Lipinski definition) is 1. The van der Waals surface area contributed by atoms with Crippen molar-refractivity contribution in [3.63, 3.8) is 0 Å². The number of carbonyl (C=O) groups is 1. The molecule has 1 aliphatic carbocycles. The molecule has 0 spiro atoms. The van der Waals surface area contributed by atoms with Crippen molar-refractivity contribution in [2.24, 2.45) is 0 Å². The molecule has 5 rings (SSSR count). The van der Waals surface area contributed by atoms with E-state index in [0.717, 1.165) is 58.5 Å². The highest BCUT2D eigenvalue weighted by Gasteiger charge is 2.23. The number of aromatic nitrogens is 2. The number of nitrogens with zero attached hydrogens (tertiary/aromatic N) is 2. The van der Waals surface area contributed by atoms with Gasteiger partial charge in [-0.2, -0.15) is 0 Å². The second kappa shape index (κ2) is 10.3. The number of nitrogens with one attached hydrogen (secondary N) is 1. The molecular weight excluding hydrogens is 478 g/mol. The molecule has 8 heteroatoms. The second-order valence-corrected chi connectivity index (χ2v) is 10.5. The Balaban J connectivity index is 1.52. The van der Waals surface area contributed by atoms with Gasteiger partial charge in [0.2, 0.25) is 5.91 Å². The lowest BCUT2D eigenvalue weighted by molar-refractivity contribution is -0.113. The Morgan fingerprint density at radius 1 is 1.14 bits per heavy atom. The van der Waals surface area contributed by atoms with Gasteiger partial charge in [0.15, 0.2) is 5.16 Å². The van der Waals surface area contributed by atoms with Gasteiger partial charge in [-0.05, 0) is 81.0 Å². The van der Waals surface area contributed by atoms with E-state index in [0.29, 0.717) is 17.5 Å². The summed E-state index contributed by atoms with van der Waals surface area (Å²) in [6, 6.07) is 15.1. The summed E-state index contributed by atoms with van der Waals surface area (Å²) in [4.78, 5) is 33.6. The maximum Gasteiger partial charge on any atom is 0.267 e. The van der Waals surface area contributed by atoms with Crippen LogP contribution in [0.2, 0.25) is 0 Å². The molecule has 0 atom stereocenters. The first-order chi connectivity index (χ1) is 17.0. The Kier molecular flexibility index (Phi) is 6.92. The van der Waals surface area contributed by atoms with E-state index in [1.54, 1.807) is 15.9 Å². The first-order valence-electron chi connectivity index (χ1n) is 11.8. The fourth-order valence-corrected chi connectivity index (χ4v) is 6.51. The smallest absolute Gasteiger partial charge is 0.267 e. The number of para-hydroxylation sites is 1. The number of thioether (sulfide) groups is 1. The molecule has 2 aromatic carbocycles. The summed E-state index contributed by atoms with van der Waals surface area (Å²) in [6.45, 7) is 4.47. The summed E-state index contributed by atoms with van der Waals surface area (Å²) in [5, 5.41) is 4.21. The molecule has 0 saturated heterocycles. The zero-order valence-corrected chi connectivity index (χ0v) is 21.4. The zero-order valence-electron chi connectivity index (χ0n) is 19.8. The standard InChI is InChI=1S/C27H27N3O3S2/c1-3-33-19-14-12-18(13-15-19)30-26(32)24-20-9-5-7-11-22(20)35-25(24)29-27(30)34-16-23(31)28-21-10-6-4-8-17(21)2/h4,6,8,10,12-15H,3,5,7,9,11,16H2,1-2H3,(H,28,31). The van der Waals surface area contributed by atoms with E-state index >= 15 is 0 Å². The van der Waals surface area contributed by atoms with E-state index in [4.69, 9.17) is 9.72 Å². The lowest BCUT2D eigenvalue weighted by Gasteiger charge is -2.14. The molecule has 0 saturated carbocycles. The highest BCUT2D eigenvalue weighted by Crippen LogP contribution is 2.35. The van der Waals surface area contributed by atoms with Crippen LogP contribution in [0.3, 0.4) is 0 Å². The lowest BCUT2D eigenvalue weighted by atomic mass is 9.97. The minimum absolute atomic E-state index is 0.0691. The van der Waals surface area contributed by atoms with Crippen molar-refractivity contribution in [1.82, 2.24) is 9.55 Å². The summed E-state index contributed by atoms with van der Waals surface area (Å²) in [7, 11) is 0. The third-order valence-corrected chi connectivity index (χ3v) is 8.24. The molecule has 2 heterocycles. The molecule has 0 bridgehead atoms. The van der Waals surface area contributed by atoms with E-state index in [2.05, 4.69) is 5.32 Å². The number of benzene rings is 2. The van der Waals surface area contributed by atoms with Crippen LogP contribution in [0.4, 0.5) is 5.69 Å². The topological polar surface area (TPSA) is 73.2 Å². The highest BCUT2D eigenvalue weighted by molar-refractivity contribution is 7.99. The SMILES string of the molecule is CCOc1ccc(-n2c(SCC(=O)Nc3ccccc3C)nc3sc4c(c3c2=O)CCCC4)cc1. The molecule has 1 N–H and O–H groups in total. The summed E-state index contributed by atoms with van der Waals surface area (Å²) >= 11 is 2.90. The Labute approximate surface area is 212 Å². The van der Waals surface area contributed by atoms with Gasteiger partial charge in [0.25, 0.3) is 5.56 Å². The van der Waals surface area contributed by atoms with Crippen LogP contribution in [0, 0.1) is 6.92 Å². The van der Waals surface area contributed by atoms with E-state index in [-0.39, 0.29) is 17.2 Å². The molecule has 4 aromatic rings. The molecule has 180 valence electrons. The van der Waals surface area contributed by atoms with E-state index in [9.17, 15) is 9.59 Å². The van der Waals surface area contributed by atoms with E-state index in [1.165, 1.54) is 16.6 Å². The van der Waals surface area contributed by atoms with Gasteiger partial charge in [0.05, 0.1) is 23.4 Å². The number of aryl methyl sites for hydroxylation is 3. The van der Waals surface area contributed by atoms with Gasteiger partial charge < -0.3 is 10.1 Å². The zero-order chi connectivity index (χ0) is 24.4. The number of anilines is 1. The van der Waals surface area contributed by atoms with Gasteiger partial charge in [-0.25, -0.2) is 4.98 Å². The number of thiophene rings is 1. The Bertz CT molecular complexity index is 1440. The largest absolute Gasteiger partial charge is 0.494 e. The summed E-state index contributed by atoms with van der Waals surface area (Å²) in [5.74, 6) is 0.759. The number of hydrogen-bond acceptors (Lipinski definition) is 6. The predicted octanol–water partition coefficient (Wildman–Crippen LogP) is 5.76. The normalized spacial score (nSPS) is 13.0. The molecule has 0 unspecified atom stereocenters. The van der Waals surface area contributed by atoms with Crippen LogP contribution in [-0.2, 0) is 17.6 Å². The van der Waals surface area contributed by atoms with Crippen molar-refractivity contribution in [3.05, 3.63) is 74.9 Å². The van der Waals surface area contributed by atoms with Crippen molar-refractivity contribution in [1.29, 1.82) is 0 Å². The molecule has 1 amide bonds. The molecule has 6 nitrogen and oxygen atoms in total. The molecular formula is C27H27N3O3S2. The fraction of sp³-hybridized carbons (Fsp3) is 0.296. The number of ether oxygens (including phenoxy) is 1. The second-order valence-electron chi connectivity index (χ2n) is 8.50. The van der Waals surface area contributed by atoms with Crippen molar-refractivity contribution >= 4 is 44.9 Å². The summed E-state index contributed by atoms with van der Waals surface area (Å²) in [6.07, 6.45) is 4.16. The van der Waals surface area contributed by atoms with Crippen molar-refractivity contribution in [3.8, 4) is 11.4 Å². The van der Waals surface area contributed by atoms with Crippen molar-refractivity contribution in [2.45, 2.75) is 44.7 Å². The number of rotatable bonds is 7.